The van der Waals surface area contributed by atoms with Gasteiger partial charge in [-0.25, -0.2) is 13.1 Å². The number of thiophene rings is 1. The number of methoxy groups -OCH3 is 1. The van der Waals surface area contributed by atoms with Gasteiger partial charge >= 0.3 is 5.97 Å². The molecule has 2 aromatic rings. The van der Waals surface area contributed by atoms with Crippen molar-refractivity contribution in [3.8, 4) is 5.75 Å². The van der Waals surface area contributed by atoms with Crippen molar-refractivity contribution < 1.29 is 27.5 Å². The number of ether oxygens (including phenoxy) is 2. The summed E-state index contributed by atoms with van der Waals surface area (Å²) in [4.78, 5) is 26.0. The number of amides is 1. The summed E-state index contributed by atoms with van der Waals surface area (Å²) in [6.07, 6.45) is 1.50. The van der Waals surface area contributed by atoms with Gasteiger partial charge in [0.05, 0.1) is 13.5 Å². The number of carbonyl (C=O) groups excluding carboxylic acids is 2. The number of nitrogens with one attached hydrogen (secondary N) is 1. The molecule has 0 spiro atoms. The molecule has 29 heavy (non-hydrogen) atoms. The number of hydrogen-bond acceptors (Lipinski definition) is 7. The Hall–Kier alpha value is -2.43. The molecule has 0 bridgehead atoms. The van der Waals surface area contributed by atoms with Crippen molar-refractivity contribution in [1.82, 2.24) is 4.72 Å². The van der Waals surface area contributed by atoms with Crippen LogP contribution in [0.1, 0.15) is 18.4 Å². The molecule has 1 aliphatic heterocycles. The number of carbonyl (C=O) groups is 2. The van der Waals surface area contributed by atoms with Crippen LogP contribution in [-0.2, 0) is 30.8 Å². The van der Waals surface area contributed by atoms with Gasteiger partial charge in [-0.05, 0) is 48.1 Å². The van der Waals surface area contributed by atoms with Crippen molar-refractivity contribution >= 4 is 38.9 Å². The van der Waals surface area contributed by atoms with Gasteiger partial charge in [-0.2, -0.15) is 0 Å². The summed E-state index contributed by atoms with van der Waals surface area (Å²) in [6, 6.07) is 8.63. The number of benzene rings is 1. The third kappa shape index (κ3) is 5.34. The first-order valence-corrected chi connectivity index (χ1v) is 11.4. The second-order valence-corrected chi connectivity index (χ2v) is 9.33. The minimum atomic E-state index is -3.62. The van der Waals surface area contributed by atoms with E-state index in [9.17, 15) is 18.0 Å². The summed E-state index contributed by atoms with van der Waals surface area (Å²) in [6.45, 7) is 0.0674. The fraction of sp³-hybridized carbons (Fsp3) is 0.368. The average Bonchev–Trinajstić information content (AvgIpc) is 3.27. The molecule has 0 saturated heterocycles. The van der Waals surface area contributed by atoms with Crippen LogP contribution in [0.15, 0.2) is 39.9 Å². The summed E-state index contributed by atoms with van der Waals surface area (Å²) in [5, 5.41) is 1.66. The Morgan fingerprint density at radius 1 is 1.28 bits per heavy atom. The Labute approximate surface area is 173 Å². The van der Waals surface area contributed by atoms with E-state index < -0.39 is 16.0 Å². The van der Waals surface area contributed by atoms with Crippen molar-refractivity contribution in [3.63, 3.8) is 0 Å². The molecule has 1 aromatic heterocycles. The summed E-state index contributed by atoms with van der Waals surface area (Å²) in [7, 11) is -2.03. The molecule has 8 nitrogen and oxygen atoms in total. The molecule has 1 N–H and O–H groups in total. The topological polar surface area (TPSA) is 102 Å². The van der Waals surface area contributed by atoms with Crippen LogP contribution in [0.5, 0.6) is 5.75 Å². The largest absolute Gasteiger partial charge is 0.497 e. The van der Waals surface area contributed by atoms with Crippen molar-refractivity contribution in [1.29, 1.82) is 0 Å². The Balaban J connectivity index is 1.48. The number of hydrogen-bond donors (Lipinski definition) is 1. The molecule has 10 heteroatoms. The lowest BCUT2D eigenvalue weighted by molar-refractivity contribution is -0.147. The van der Waals surface area contributed by atoms with E-state index >= 15 is 0 Å². The monoisotopic (exact) mass is 438 g/mol. The van der Waals surface area contributed by atoms with E-state index in [1.165, 1.54) is 6.07 Å². The minimum Gasteiger partial charge on any atom is -0.497 e. The third-order valence-corrected chi connectivity index (χ3v) is 7.30. The van der Waals surface area contributed by atoms with Crippen LogP contribution in [0.2, 0.25) is 0 Å². The lowest BCUT2D eigenvalue weighted by Gasteiger charge is -2.29. The van der Waals surface area contributed by atoms with Gasteiger partial charge < -0.3 is 14.4 Å². The van der Waals surface area contributed by atoms with Gasteiger partial charge in [0.15, 0.2) is 6.61 Å². The highest BCUT2D eigenvalue weighted by Gasteiger charge is 2.24. The average molecular weight is 439 g/mol. The van der Waals surface area contributed by atoms with E-state index in [1.54, 1.807) is 29.5 Å². The molecule has 0 unspecified atom stereocenters. The fourth-order valence-electron chi connectivity index (χ4n) is 3.03. The summed E-state index contributed by atoms with van der Waals surface area (Å²) in [5.41, 5.74) is 1.81. The second kappa shape index (κ2) is 9.38. The van der Waals surface area contributed by atoms with Gasteiger partial charge in [-0.15, -0.1) is 11.3 Å². The molecule has 1 aromatic carbocycles. The molecule has 2 heterocycles. The maximum Gasteiger partial charge on any atom is 0.307 e. The highest BCUT2D eigenvalue weighted by Crippen LogP contribution is 2.30. The Bertz CT molecular complexity index is 973. The number of fused-ring (bicyclic) bond motifs is 1. The fourth-order valence-corrected chi connectivity index (χ4v) is 5.10. The molecule has 0 atom stereocenters. The Kier molecular flexibility index (Phi) is 6.88. The maximum absolute atomic E-state index is 12.5. The van der Waals surface area contributed by atoms with Gasteiger partial charge in [0, 0.05) is 18.8 Å². The van der Waals surface area contributed by atoms with Gasteiger partial charge in [0.2, 0.25) is 10.0 Å². The zero-order valence-corrected chi connectivity index (χ0v) is 17.6. The molecule has 0 fully saturated rings. The van der Waals surface area contributed by atoms with Gasteiger partial charge in [0.25, 0.3) is 5.91 Å². The van der Waals surface area contributed by atoms with Gasteiger partial charge in [-0.1, -0.05) is 6.07 Å². The predicted molar refractivity (Wildman–Crippen MR) is 109 cm³/mol. The van der Waals surface area contributed by atoms with Crippen molar-refractivity contribution in [3.05, 3.63) is 41.3 Å². The molecule has 156 valence electrons. The van der Waals surface area contributed by atoms with E-state index in [1.807, 2.05) is 12.1 Å². The smallest absolute Gasteiger partial charge is 0.307 e. The minimum absolute atomic E-state index is 0.0976. The molecular formula is C19H22N2O6S2. The molecule has 0 radical (unpaired) electrons. The highest BCUT2D eigenvalue weighted by molar-refractivity contribution is 7.91. The van der Waals surface area contributed by atoms with Crippen LogP contribution in [0.3, 0.4) is 0 Å². The number of sulfonamides is 1. The number of rotatable bonds is 8. The van der Waals surface area contributed by atoms with E-state index in [0.717, 1.165) is 41.2 Å². The molecule has 3 rings (SSSR count). The maximum atomic E-state index is 12.5. The standard InChI is InChI=1S/C19H22N2O6S2/c1-26-15-6-7-16-14(12-15)4-2-10-21(16)17(22)13-27-18(23)8-9-20-29(24,25)19-5-3-11-28-19/h3,5-7,11-12,20H,2,4,8-10,13H2,1H3. The predicted octanol–water partition coefficient (Wildman–Crippen LogP) is 1.95. The number of aryl methyl sites for hydroxylation is 1. The number of anilines is 1. The lowest BCUT2D eigenvalue weighted by atomic mass is 10.0. The summed E-state index contributed by atoms with van der Waals surface area (Å²) >= 11 is 1.09. The molecule has 0 aliphatic carbocycles. The van der Waals surface area contributed by atoms with E-state index in [-0.39, 0.29) is 29.7 Å². The SMILES string of the molecule is COc1ccc2c(c1)CCCN2C(=O)COC(=O)CCNS(=O)(=O)c1cccs1. The third-order valence-electron chi connectivity index (χ3n) is 4.44. The van der Waals surface area contributed by atoms with Crippen LogP contribution >= 0.6 is 11.3 Å². The molecule has 1 amide bonds. The normalized spacial score (nSPS) is 13.6. The molecule has 0 saturated carbocycles. The van der Waals surface area contributed by atoms with Crippen LogP contribution in [0, 0.1) is 0 Å². The van der Waals surface area contributed by atoms with Crippen LogP contribution in [0.25, 0.3) is 0 Å². The van der Waals surface area contributed by atoms with Gasteiger partial charge in [-0.3, -0.25) is 9.59 Å². The van der Waals surface area contributed by atoms with E-state index in [4.69, 9.17) is 9.47 Å². The zero-order chi connectivity index (χ0) is 20.9. The highest BCUT2D eigenvalue weighted by atomic mass is 32.2. The molecule has 1 aliphatic rings. The van der Waals surface area contributed by atoms with Crippen molar-refractivity contribution in [2.75, 3.05) is 31.7 Å². The Morgan fingerprint density at radius 2 is 2.10 bits per heavy atom. The quantitative estimate of drug-likeness (QED) is 0.632. The zero-order valence-electron chi connectivity index (χ0n) is 15.9. The van der Waals surface area contributed by atoms with E-state index in [0.29, 0.717) is 6.54 Å². The van der Waals surface area contributed by atoms with Crippen LogP contribution in [0.4, 0.5) is 5.69 Å². The first-order valence-electron chi connectivity index (χ1n) is 9.07. The first kappa shape index (κ1) is 21.3. The van der Waals surface area contributed by atoms with Crippen molar-refractivity contribution in [2.45, 2.75) is 23.5 Å². The summed E-state index contributed by atoms with van der Waals surface area (Å²) in [5.74, 6) is -0.225. The van der Waals surface area contributed by atoms with Crippen LogP contribution < -0.4 is 14.4 Å². The summed E-state index contributed by atoms with van der Waals surface area (Å²) < 4.78 is 36.8. The first-order chi connectivity index (χ1) is 13.9. The molecular weight excluding hydrogens is 416 g/mol. The number of nitrogens with zero attached hydrogens (tertiary/aromatic N) is 1. The van der Waals surface area contributed by atoms with Crippen LogP contribution in [-0.4, -0.2) is 47.1 Å². The lowest BCUT2D eigenvalue weighted by Crippen LogP contribution is -2.38. The van der Waals surface area contributed by atoms with Crippen molar-refractivity contribution in [2.24, 2.45) is 0 Å². The van der Waals surface area contributed by atoms with Gasteiger partial charge in [0.1, 0.15) is 9.96 Å². The Morgan fingerprint density at radius 3 is 2.83 bits per heavy atom. The van der Waals surface area contributed by atoms with E-state index in [2.05, 4.69) is 4.72 Å². The number of esters is 1. The second-order valence-electron chi connectivity index (χ2n) is 6.38.